The minimum atomic E-state index is -1.09. The summed E-state index contributed by atoms with van der Waals surface area (Å²) in [5.41, 5.74) is 1.32. The van der Waals surface area contributed by atoms with Crippen molar-refractivity contribution in [3.63, 3.8) is 0 Å². The van der Waals surface area contributed by atoms with E-state index in [1.165, 1.54) is 13.5 Å². The summed E-state index contributed by atoms with van der Waals surface area (Å²) in [5, 5.41) is 23.9. The van der Waals surface area contributed by atoms with Gasteiger partial charge < -0.3 is 29.9 Å². The molecule has 1 aromatic carbocycles. The fourth-order valence-electron chi connectivity index (χ4n) is 6.97. The number of carbonyl (C=O) groups is 3. The van der Waals surface area contributed by atoms with Crippen molar-refractivity contribution in [3.05, 3.63) is 34.9 Å². The minimum Gasteiger partial charge on any atom is -0.493 e. The molecule has 2 fully saturated rings. The lowest BCUT2D eigenvalue weighted by Gasteiger charge is -2.43. The van der Waals surface area contributed by atoms with E-state index in [0.717, 1.165) is 51.4 Å². The number of hydrogen-bond donors (Lipinski definition) is 3. The second-order valence-corrected chi connectivity index (χ2v) is 11.4. The maximum atomic E-state index is 14.0. The Morgan fingerprint density at radius 2 is 1.85 bits per heavy atom. The molecule has 4 aliphatic rings. The quantitative estimate of drug-likeness (QED) is 0.411. The fraction of sp³-hybridized carbons (Fsp3) is 0.633. The summed E-state index contributed by atoms with van der Waals surface area (Å²) in [6, 6.07) is 2.50. The van der Waals surface area contributed by atoms with Gasteiger partial charge in [-0.3, -0.25) is 14.4 Å². The Balaban J connectivity index is 1.56. The average molecular weight is 541 g/mol. The number of methoxy groups -OCH3 is 1. The molecule has 0 aromatic heterocycles. The van der Waals surface area contributed by atoms with Crippen LogP contribution in [0.3, 0.4) is 0 Å². The van der Waals surface area contributed by atoms with Crippen LogP contribution in [0, 0.1) is 11.8 Å². The number of carbonyl (C=O) groups excluding carboxylic acids is 3. The van der Waals surface area contributed by atoms with Crippen LogP contribution in [0.15, 0.2) is 23.8 Å². The summed E-state index contributed by atoms with van der Waals surface area (Å²) in [6.07, 6.45) is 9.80. The number of aliphatic hydroxyl groups excluding tert-OH is 2. The van der Waals surface area contributed by atoms with Crippen LogP contribution in [-0.2, 0) is 9.59 Å². The van der Waals surface area contributed by atoms with E-state index in [1.54, 1.807) is 18.2 Å². The maximum absolute atomic E-state index is 14.0. The van der Waals surface area contributed by atoms with E-state index in [2.05, 4.69) is 5.32 Å². The third-order valence-electron chi connectivity index (χ3n) is 8.94. The standard InChI is InChI=1S/C30H40N2O7/c1-38-24-14-19(17-34)13-21-25-22(29(36)31-11-12-33)15-23(26(35)28(25)39-27(21)24)32(16-18-7-3-2-4-8-18)30(37)20-9-5-6-10-20/h13-15,17-18,20,23,25-26,28,33,35H,2-12,16H2,1H3,(H,31,36). The molecular weight excluding hydrogens is 500 g/mol. The summed E-state index contributed by atoms with van der Waals surface area (Å²) in [5.74, 6) is 0.0130. The molecule has 0 bridgehead atoms. The molecule has 3 aliphatic carbocycles. The molecule has 1 aromatic rings. The number of rotatable bonds is 9. The molecule has 3 N–H and O–H groups in total. The number of aldehydes is 1. The van der Waals surface area contributed by atoms with Crippen LogP contribution < -0.4 is 14.8 Å². The van der Waals surface area contributed by atoms with Crippen molar-refractivity contribution in [2.45, 2.75) is 82.0 Å². The average Bonchev–Trinajstić information content (AvgIpc) is 3.64. The van der Waals surface area contributed by atoms with Crippen LogP contribution in [-0.4, -0.2) is 78.3 Å². The van der Waals surface area contributed by atoms with Gasteiger partial charge in [-0.1, -0.05) is 32.1 Å². The number of nitrogens with zero attached hydrogens (tertiary/aromatic N) is 1. The van der Waals surface area contributed by atoms with Crippen molar-refractivity contribution in [1.29, 1.82) is 0 Å². The molecule has 0 radical (unpaired) electrons. The number of hydrogen-bond acceptors (Lipinski definition) is 7. The third kappa shape index (κ3) is 5.43. The molecule has 39 heavy (non-hydrogen) atoms. The van der Waals surface area contributed by atoms with Gasteiger partial charge >= 0.3 is 0 Å². The Hall–Kier alpha value is -2.91. The first-order valence-electron chi connectivity index (χ1n) is 14.4. The third-order valence-corrected chi connectivity index (χ3v) is 8.94. The summed E-state index contributed by atoms with van der Waals surface area (Å²) < 4.78 is 11.8. The van der Waals surface area contributed by atoms with Gasteiger partial charge in [0.25, 0.3) is 0 Å². The molecule has 212 valence electrons. The van der Waals surface area contributed by atoms with E-state index in [1.807, 2.05) is 4.90 Å². The number of aliphatic hydroxyl groups is 2. The van der Waals surface area contributed by atoms with Crippen molar-refractivity contribution < 1.29 is 34.1 Å². The normalized spacial score (nSPS) is 26.7. The second-order valence-electron chi connectivity index (χ2n) is 11.4. The zero-order valence-corrected chi connectivity index (χ0v) is 22.6. The highest BCUT2D eigenvalue weighted by Gasteiger charge is 2.52. The van der Waals surface area contributed by atoms with Gasteiger partial charge in [-0.05, 0) is 49.8 Å². The summed E-state index contributed by atoms with van der Waals surface area (Å²) >= 11 is 0. The molecule has 4 atom stereocenters. The van der Waals surface area contributed by atoms with Gasteiger partial charge in [-0.2, -0.15) is 0 Å². The molecule has 9 heteroatoms. The smallest absolute Gasteiger partial charge is 0.247 e. The predicted octanol–water partition coefficient (Wildman–Crippen LogP) is 2.73. The van der Waals surface area contributed by atoms with Gasteiger partial charge in [0, 0.05) is 35.7 Å². The monoisotopic (exact) mass is 540 g/mol. The van der Waals surface area contributed by atoms with Crippen molar-refractivity contribution in [2.24, 2.45) is 11.8 Å². The lowest BCUT2D eigenvalue weighted by Crippen LogP contribution is -2.57. The largest absolute Gasteiger partial charge is 0.493 e. The first-order chi connectivity index (χ1) is 19.0. The topological polar surface area (TPSA) is 125 Å². The van der Waals surface area contributed by atoms with E-state index in [9.17, 15) is 24.6 Å². The van der Waals surface area contributed by atoms with Crippen LogP contribution in [0.25, 0.3) is 0 Å². The Morgan fingerprint density at radius 3 is 2.51 bits per heavy atom. The highest BCUT2D eigenvalue weighted by Crippen LogP contribution is 2.51. The second kappa shape index (κ2) is 12.1. The highest BCUT2D eigenvalue weighted by atomic mass is 16.5. The van der Waals surface area contributed by atoms with Gasteiger partial charge in [0.15, 0.2) is 11.5 Å². The molecule has 2 amide bonds. The van der Waals surface area contributed by atoms with Crippen molar-refractivity contribution >= 4 is 18.1 Å². The first kappa shape index (κ1) is 27.6. The Kier molecular flexibility index (Phi) is 8.57. The van der Waals surface area contributed by atoms with Gasteiger partial charge in [0.2, 0.25) is 11.8 Å². The number of fused-ring (bicyclic) bond motifs is 3. The lowest BCUT2D eigenvalue weighted by atomic mass is 9.76. The van der Waals surface area contributed by atoms with Crippen LogP contribution >= 0.6 is 0 Å². The summed E-state index contributed by atoms with van der Waals surface area (Å²) in [4.78, 5) is 40.9. The molecule has 9 nitrogen and oxygen atoms in total. The number of amides is 2. The highest BCUT2D eigenvalue weighted by molar-refractivity contribution is 5.96. The van der Waals surface area contributed by atoms with E-state index < -0.39 is 30.1 Å². The zero-order chi connectivity index (χ0) is 27.5. The van der Waals surface area contributed by atoms with Gasteiger partial charge in [-0.15, -0.1) is 0 Å². The van der Waals surface area contributed by atoms with Crippen molar-refractivity contribution in [2.75, 3.05) is 26.8 Å². The first-order valence-corrected chi connectivity index (χ1v) is 14.4. The predicted molar refractivity (Wildman–Crippen MR) is 144 cm³/mol. The zero-order valence-electron chi connectivity index (χ0n) is 22.6. The SMILES string of the molecule is COc1cc(C=O)cc2c1OC1C2C(C(=O)NCCO)=CC(N(CC2CCCCC2)C(=O)C2CCCC2)C1O. The minimum absolute atomic E-state index is 0.0447. The fourth-order valence-corrected chi connectivity index (χ4v) is 6.97. The molecular formula is C30H40N2O7. The van der Waals surface area contributed by atoms with Gasteiger partial charge in [-0.25, -0.2) is 0 Å². The van der Waals surface area contributed by atoms with E-state index in [4.69, 9.17) is 9.47 Å². The Morgan fingerprint density at radius 1 is 1.13 bits per heavy atom. The van der Waals surface area contributed by atoms with Crippen LogP contribution in [0.2, 0.25) is 0 Å². The number of benzene rings is 1. The number of ether oxygens (including phenoxy) is 2. The van der Waals surface area contributed by atoms with Crippen molar-refractivity contribution in [1.82, 2.24) is 10.2 Å². The van der Waals surface area contributed by atoms with Crippen molar-refractivity contribution in [3.8, 4) is 11.5 Å². The summed E-state index contributed by atoms with van der Waals surface area (Å²) in [7, 11) is 1.48. The molecule has 1 aliphatic heterocycles. The summed E-state index contributed by atoms with van der Waals surface area (Å²) in [6.45, 7) is 0.393. The molecule has 1 heterocycles. The molecule has 5 rings (SSSR count). The lowest BCUT2D eigenvalue weighted by molar-refractivity contribution is -0.142. The molecule has 0 saturated heterocycles. The van der Waals surface area contributed by atoms with E-state index in [0.29, 0.717) is 46.9 Å². The van der Waals surface area contributed by atoms with E-state index in [-0.39, 0.29) is 25.0 Å². The van der Waals surface area contributed by atoms with Crippen LogP contribution in [0.5, 0.6) is 11.5 Å². The maximum Gasteiger partial charge on any atom is 0.247 e. The van der Waals surface area contributed by atoms with Gasteiger partial charge in [0.05, 0.1) is 25.7 Å². The molecule has 4 unspecified atom stereocenters. The van der Waals surface area contributed by atoms with E-state index >= 15 is 0 Å². The Labute approximate surface area is 229 Å². The number of nitrogens with one attached hydrogen (secondary N) is 1. The van der Waals surface area contributed by atoms with Gasteiger partial charge in [0.1, 0.15) is 18.5 Å². The Bertz CT molecular complexity index is 1110. The van der Waals surface area contributed by atoms with Crippen LogP contribution in [0.1, 0.15) is 79.6 Å². The molecule has 2 saturated carbocycles. The van der Waals surface area contributed by atoms with Crippen LogP contribution in [0.4, 0.5) is 0 Å². The molecule has 0 spiro atoms.